The minimum absolute atomic E-state index is 0.631. The first kappa shape index (κ1) is 11.6. The minimum atomic E-state index is 0.631. The molecule has 1 fully saturated rings. The van der Waals surface area contributed by atoms with Gasteiger partial charge in [0.15, 0.2) is 0 Å². The van der Waals surface area contributed by atoms with E-state index in [0.717, 1.165) is 13.0 Å². The molecule has 1 N–H and O–H groups in total. The first-order valence-corrected chi connectivity index (χ1v) is 6.43. The van der Waals surface area contributed by atoms with Gasteiger partial charge in [-0.05, 0) is 30.7 Å². The van der Waals surface area contributed by atoms with E-state index >= 15 is 0 Å². The molecule has 0 unspecified atom stereocenters. The van der Waals surface area contributed by atoms with Gasteiger partial charge in [-0.1, -0.05) is 13.3 Å². The molecule has 0 atom stereocenters. The molecule has 90 valence electrons. The summed E-state index contributed by atoms with van der Waals surface area (Å²) in [7, 11) is 2.01. The smallest absolute Gasteiger partial charge is 0.0492 e. The van der Waals surface area contributed by atoms with Crippen LogP contribution in [0, 0.1) is 5.41 Å². The van der Waals surface area contributed by atoms with E-state index in [1.54, 1.807) is 0 Å². The van der Waals surface area contributed by atoms with Crippen LogP contribution in [0.15, 0.2) is 12.3 Å². The van der Waals surface area contributed by atoms with E-state index in [9.17, 15) is 0 Å². The van der Waals surface area contributed by atoms with E-state index < -0.39 is 0 Å². The third-order valence-electron chi connectivity index (χ3n) is 4.14. The third-order valence-corrected chi connectivity index (χ3v) is 4.14. The van der Waals surface area contributed by atoms with Crippen molar-refractivity contribution in [2.75, 3.05) is 13.1 Å². The van der Waals surface area contributed by atoms with Crippen LogP contribution in [0.2, 0.25) is 0 Å². The van der Waals surface area contributed by atoms with Gasteiger partial charge in [-0.2, -0.15) is 5.10 Å². The zero-order valence-electron chi connectivity index (χ0n) is 10.5. The van der Waals surface area contributed by atoms with Crippen molar-refractivity contribution < 1.29 is 0 Å². The highest BCUT2D eigenvalue weighted by molar-refractivity contribution is 5.00. The highest BCUT2D eigenvalue weighted by Gasteiger charge is 2.34. The SMILES string of the molecule is CCC1(CNCCc2ccnn2C)CCC1. The molecule has 1 aromatic rings. The Morgan fingerprint density at radius 3 is 2.81 bits per heavy atom. The van der Waals surface area contributed by atoms with E-state index in [2.05, 4.69) is 23.4 Å². The lowest BCUT2D eigenvalue weighted by Crippen LogP contribution is -2.40. The number of hydrogen-bond acceptors (Lipinski definition) is 2. The van der Waals surface area contributed by atoms with E-state index in [1.807, 2.05) is 17.9 Å². The van der Waals surface area contributed by atoms with Crippen molar-refractivity contribution in [2.24, 2.45) is 12.5 Å². The molecule has 1 aliphatic rings. The molecule has 1 aliphatic carbocycles. The van der Waals surface area contributed by atoms with Gasteiger partial charge in [-0.15, -0.1) is 0 Å². The molecule has 0 bridgehead atoms. The fourth-order valence-electron chi connectivity index (χ4n) is 2.55. The lowest BCUT2D eigenvalue weighted by molar-refractivity contribution is 0.124. The maximum atomic E-state index is 4.18. The number of nitrogens with zero attached hydrogens (tertiary/aromatic N) is 2. The molecule has 3 nitrogen and oxygen atoms in total. The number of rotatable bonds is 6. The fourth-order valence-corrected chi connectivity index (χ4v) is 2.55. The summed E-state index contributed by atoms with van der Waals surface area (Å²) in [6.45, 7) is 4.59. The van der Waals surface area contributed by atoms with Gasteiger partial charge in [0.25, 0.3) is 0 Å². The molecule has 0 spiro atoms. The molecule has 16 heavy (non-hydrogen) atoms. The van der Waals surface area contributed by atoms with Crippen molar-refractivity contribution in [3.63, 3.8) is 0 Å². The van der Waals surface area contributed by atoms with Gasteiger partial charge >= 0.3 is 0 Å². The second kappa shape index (κ2) is 5.00. The Balaban J connectivity index is 1.67. The van der Waals surface area contributed by atoms with Crippen LogP contribution in [-0.2, 0) is 13.5 Å². The predicted octanol–water partition coefficient (Wildman–Crippen LogP) is 2.13. The van der Waals surface area contributed by atoms with Crippen LogP contribution in [0.1, 0.15) is 38.3 Å². The van der Waals surface area contributed by atoms with Gasteiger partial charge in [0.2, 0.25) is 0 Å². The number of aryl methyl sites for hydroxylation is 1. The summed E-state index contributed by atoms with van der Waals surface area (Å²) in [5.41, 5.74) is 1.94. The van der Waals surface area contributed by atoms with Crippen LogP contribution in [0.5, 0.6) is 0 Å². The van der Waals surface area contributed by atoms with Gasteiger partial charge in [0.05, 0.1) is 0 Å². The molecular formula is C13H23N3. The zero-order valence-corrected chi connectivity index (χ0v) is 10.5. The van der Waals surface area contributed by atoms with Gasteiger partial charge in [-0.25, -0.2) is 0 Å². The average molecular weight is 221 g/mol. The first-order valence-electron chi connectivity index (χ1n) is 6.43. The standard InChI is InChI=1S/C13H23N3/c1-3-13(7-4-8-13)11-14-9-5-12-6-10-15-16(12)2/h6,10,14H,3-5,7-9,11H2,1-2H3. The lowest BCUT2D eigenvalue weighted by atomic mass is 9.67. The monoisotopic (exact) mass is 221 g/mol. The molecule has 1 heterocycles. The number of hydrogen-bond donors (Lipinski definition) is 1. The zero-order chi connectivity index (χ0) is 11.4. The normalized spacial score (nSPS) is 18.4. The van der Waals surface area contributed by atoms with E-state index in [1.165, 1.54) is 37.9 Å². The summed E-state index contributed by atoms with van der Waals surface area (Å²) in [6, 6.07) is 2.10. The second-order valence-corrected chi connectivity index (χ2v) is 5.08. The molecule has 2 rings (SSSR count). The van der Waals surface area contributed by atoms with Crippen molar-refractivity contribution in [3.8, 4) is 0 Å². The molecule has 3 heteroatoms. The maximum Gasteiger partial charge on any atom is 0.0492 e. The molecule has 1 saturated carbocycles. The maximum absolute atomic E-state index is 4.18. The summed E-state index contributed by atoms with van der Waals surface area (Å²) in [4.78, 5) is 0. The molecule has 0 aromatic carbocycles. The second-order valence-electron chi connectivity index (χ2n) is 5.08. The van der Waals surface area contributed by atoms with Crippen molar-refractivity contribution in [2.45, 2.75) is 39.0 Å². The van der Waals surface area contributed by atoms with E-state index in [0.29, 0.717) is 5.41 Å². The summed E-state index contributed by atoms with van der Waals surface area (Å²) in [6.07, 6.45) is 8.54. The fraction of sp³-hybridized carbons (Fsp3) is 0.769. The molecule has 0 radical (unpaired) electrons. The van der Waals surface area contributed by atoms with Crippen LogP contribution in [-0.4, -0.2) is 22.9 Å². The molecule has 0 amide bonds. The molecule has 0 saturated heterocycles. The van der Waals surface area contributed by atoms with Gasteiger partial charge in [-0.3, -0.25) is 4.68 Å². The number of aromatic nitrogens is 2. The summed E-state index contributed by atoms with van der Waals surface area (Å²) >= 11 is 0. The Labute approximate surface area is 98.2 Å². The van der Waals surface area contributed by atoms with Crippen LogP contribution in [0.25, 0.3) is 0 Å². The topological polar surface area (TPSA) is 29.9 Å². The van der Waals surface area contributed by atoms with Gasteiger partial charge < -0.3 is 5.32 Å². The summed E-state index contributed by atoms with van der Waals surface area (Å²) < 4.78 is 1.96. The quantitative estimate of drug-likeness (QED) is 0.746. The Morgan fingerprint density at radius 2 is 2.31 bits per heavy atom. The third kappa shape index (κ3) is 2.46. The van der Waals surface area contributed by atoms with Crippen LogP contribution in [0.4, 0.5) is 0 Å². The van der Waals surface area contributed by atoms with Crippen LogP contribution < -0.4 is 5.32 Å². The Kier molecular flexibility index (Phi) is 3.64. The van der Waals surface area contributed by atoms with Crippen LogP contribution in [0.3, 0.4) is 0 Å². The highest BCUT2D eigenvalue weighted by Crippen LogP contribution is 2.42. The van der Waals surface area contributed by atoms with Crippen molar-refractivity contribution in [1.82, 2.24) is 15.1 Å². The number of nitrogens with one attached hydrogen (secondary N) is 1. The Hall–Kier alpha value is -0.830. The molecule has 1 aromatic heterocycles. The molecule has 0 aliphatic heterocycles. The Morgan fingerprint density at radius 1 is 1.50 bits per heavy atom. The minimum Gasteiger partial charge on any atom is -0.316 e. The first-order chi connectivity index (χ1) is 7.76. The average Bonchev–Trinajstić information content (AvgIpc) is 2.62. The van der Waals surface area contributed by atoms with E-state index in [4.69, 9.17) is 0 Å². The largest absolute Gasteiger partial charge is 0.316 e. The summed E-state index contributed by atoms with van der Waals surface area (Å²) in [5.74, 6) is 0. The van der Waals surface area contributed by atoms with Crippen LogP contribution >= 0.6 is 0 Å². The summed E-state index contributed by atoms with van der Waals surface area (Å²) in [5, 5.41) is 7.78. The highest BCUT2D eigenvalue weighted by atomic mass is 15.3. The van der Waals surface area contributed by atoms with E-state index in [-0.39, 0.29) is 0 Å². The van der Waals surface area contributed by atoms with Crippen molar-refractivity contribution in [1.29, 1.82) is 0 Å². The Bertz CT molecular complexity index is 320. The van der Waals surface area contributed by atoms with Gasteiger partial charge in [0.1, 0.15) is 0 Å². The van der Waals surface area contributed by atoms with Gasteiger partial charge in [0, 0.05) is 38.4 Å². The lowest BCUT2D eigenvalue weighted by Gasteiger charge is -2.41. The van der Waals surface area contributed by atoms with Crippen molar-refractivity contribution >= 4 is 0 Å². The van der Waals surface area contributed by atoms with Crippen molar-refractivity contribution in [3.05, 3.63) is 18.0 Å². The molecular weight excluding hydrogens is 198 g/mol. The predicted molar refractivity (Wildman–Crippen MR) is 66.4 cm³/mol.